The highest BCUT2D eigenvalue weighted by atomic mass is 16.4. The first-order chi connectivity index (χ1) is 6.66. The van der Waals surface area contributed by atoms with Crippen molar-refractivity contribution in [3.63, 3.8) is 0 Å². The van der Waals surface area contributed by atoms with Gasteiger partial charge in [-0.2, -0.15) is 0 Å². The highest BCUT2D eigenvalue weighted by molar-refractivity contribution is 5.76. The van der Waals surface area contributed by atoms with Crippen molar-refractivity contribution >= 4 is 18.2 Å². The third-order valence-corrected chi connectivity index (χ3v) is 1.62. The molecule has 0 spiro atoms. The number of rotatable bonds is 8. The number of carboxylic acids is 1. The van der Waals surface area contributed by atoms with Crippen molar-refractivity contribution < 1.29 is 19.5 Å². The Labute approximate surface area is 82.5 Å². The van der Waals surface area contributed by atoms with Crippen LogP contribution in [0.3, 0.4) is 0 Å². The van der Waals surface area contributed by atoms with Crippen molar-refractivity contribution in [1.29, 1.82) is 0 Å². The van der Waals surface area contributed by atoms with Gasteiger partial charge in [-0.3, -0.25) is 9.59 Å². The van der Waals surface area contributed by atoms with E-state index in [1.807, 2.05) is 0 Å². The van der Waals surface area contributed by atoms with E-state index in [1.165, 1.54) is 0 Å². The first-order valence-electron chi connectivity index (χ1n) is 4.59. The lowest BCUT2D eigenvalue weighted by molar-refractivity contribution is -0.137. The van der Waals surface area contributed by atoms with E-state index in [4.69, 9.17) is 5.11 Å². The van der Waals surface area contributed by atoms with Crippen molar-refractivity contribution in [3.8, 4) is 0 Å². The van der Waals surface area contributed by atoms with E-state index in [9.17, 15) is 14.4 Å². The Morgan fingerprint density at radius 1 is 1.21 bits per heavy atom. The van der Waals surface area contributed by atoms with Gasteiger partial charge in [0.05, 0.1) is 0 Å². The van der Waals surface area contributed by atoms with Crippen LogP contribution in [-0.4, -0.2) is 29.8 Å². The quantitative estimate of drug-likeness (QED) is 0.438. The average molecular weight is 201 g/mol. The Balaban J connectivity index is 3.28. The van der Waals surface area contributed by atoms with Crippen molar-refractivity contribution in [2.45, 2.75) is 32.1 Å². The highest BCUT2D eigenvalue weighted by Crippen LogP contribution is 1.95. The second-order valence-corrected chi connectivity index (χ2v) is 2.91. The predicted octanol–water partition coefficient (Wildman–Crippen LogP) is 0.337. The summed E-state index contributed by atoms with van der Waals surface area (Å²) in [6, 6.07) is 0. The molecular weight excluding hydrogens is 186 g/mol. The van der Waals surface area contributed by atoms with Gasteiger partial charge in [0, 0.05) is 25.8 Å². The monoisotopic (exact) mass is 201 g/mol. The summed E-state index contributed by atoms with van der Waals surface area (Å²) >= 11 is 0. The molecule has 5 nitrogen and oxygen atoms in total. The van der Waals surface area contributed by atoms with Crippen molar-refractivity contribution in [2.75, 3.05) is 6.54 Å². The summed E-state index contributed by atoms with van der Waals surface area (Å²) in [5.41, 5.74) is 0. The van der Waals surface area contributed by atoms with E-state index in [0.29, 0.717) is 25.8 Å². The number of hydrogen-bond donors (Lipinski definition) is 2. The maximum Gasteiger partial charge on any atom is 0.303 e. The summed E-state index contributed by atoms with van der Waals surface area (Å²) in [5, 5.41) is 10.9. The molecule has 0 radical (unpaired) electrons. The highest BCUT2D eigenvalue weighted by Gasteiger charge is 2.02. The molecule has 0 bridgehead atoms. The van der Waals surface area contributed by atoms with Gasteiger partial charge in [0.15, 0.2) is 0 Å². The summed E-state index contributed by atoms with van der Waals surface area (Å²) in [4.78, 5) is 31.0. The van der Waals surface area contributed by atoms with Crippen LogP contribution in [0.4, 0.5) is 0 Å². The average Bonchev–Trinajstić information content (AvgIpc) is 2.12. The Bertz CT molecular complexity index is 203. The molecule has 0 saturated heterocycles. The number of amides is 1. The number of nitrogens with one attached hydrogen (secondary N) is 1. The van der Waals surface area contributed by atoms with Crippen LogP contribution in [0.1, 0.15) is 32.1 Å². The van der Waals surface area contributed by atoms with Gasteiger partial charge in [-0.05, 0) is 12.8 Å². The number of unbranched alkanes of at least 4 members (excludes halogenated alkanes) is 1. The molecule has 0 unspecified atom stereocenters. The molecule has 0 saturated carbocycles. The number of aldehydes is 1. The van der Waals surface area contributed by atoms with Crippen molar-refractivity contribution in [2.24, 2.45) is 0 Å². The standard InChI is InChI=1S/C9H15NO4/c11-7-2-1-6-10-8(12)4-3-5-9(13)14/h7H,1-6H2,(H,10,12)(H,13,14). The molecular formula is C9H15NO4. The van der Waals surface area contributed by atoms with Gasteiger partial charge in [-0.15, -0.1) is 0 Å². The topological polar surface area (TPSA) is 83.5 Å². The van der Waals surface area contributed by atoms with E-state index in [0.717, 1.165) is 6.29 Å². The lowest BCUT2D eigenvalue weighted by Gasteiger charge is -2.02. The van der Waals surface area contributed by atoms with Gasteiger partial charge in [0.2, 0.25) is 5.91 Å². The Kier molecular flexibility index (Phi) is 7.40. The van der Waals surface area contributed by atoms with Crippen molar-refractivity contribution in [1.82, 2.24) is 5.32 Å². The maximum absolute atomic E-state index is 11.0. The Morgan fingerprint density at radius 2 is 1.93 bits per heavy atom. The number of aliphatic carboxylic acids is 1. The zero-order valence-corrected chi connectivity index (χ0v) is 7.99. The molecule has 14 heavy (non-hydrogen) atoms. The van der Waals surface area contributed by atoms with Crippen LogP contribution in [0.5, 0.6) is 0 Å². The molecule has 0 aliphatic heterocycles. The molecule has 1 amide bonds. The third-order valence-electron chi connectivity index (χ3n) is 1.62. The number of carbonyl (C=O) groups is 3. The molecule has 0 rings (SSSR count). The zero-order valence-electron chi connectivity index (χ0n) is 7.99. The van der Waals surface area contributed by atoms with Gasteiger partial charge in [0.25, 0.3) is 0 Å². The Hall–Kier alpha value is -1.39. The number of carboxylic acid groups (broad SMARTS) is 1. The first kappa shape index (κ1) is 12.6. The summed E-state index contributed by atoms with van der Waals surface area (Å²) in [6.45, 7) is 0.477. The van der Waals surface area contributed by atoms with Crippen LogP contribution in [-0.2, 0) is 14.4 Å². The summed E-state index contributed by atoms with van der Waals surface area (Å²) in [5.74, 6) is -1.05. The molecule has 2 N–H and O–H groups in total. The fourth-order valence-electron chi connectivity index (χ4n) is 0.902. The van der Waals surface area contributed by atoms with E-state index in [1.54, 1.807) is 0 Å². The molecule has 0 aromatic rings. The normalized spacial score (nSPS) is 9.43. The van der Waals surface area contributed by atoms with Crippen LogP contribution in [0, 0.1) is 0 Å². The summed E-state index contributed by atoms with van der Waals surface area (Å²) in [6.07, 6.45) is 2.48. The minimum absolute atomic E-state index is 0.0156. The second-order valence-electron chi connectivity index (χ2n) is 2.91. The Morgan fingerprint density at radius 3 is 2.50 bits per heavy atom. The first-order valence-corrected chi connectivity index (χ1v) is 4.59. The van der Waals surface area contributed by atoms with Gasteiger partial charge in [-0.1, -0.05) is 0 Å². The molecule has 0 aliphatic rings. The van der Waals surface area contributed by atoms with Crippen molar-refractivity contribution in [3.05, 3.63) is 0 Å². The van der Waals surface area contributed by atoms with Gasteiger partial charge < -0.3 is 15.2 Å². The lowest BCUT2D eigenvalue weighted by Crippen LogP contribution is -2.24. The zero-order chi connectivity index (χ0) is 10.8. The third kappa shape index (κ3) is 8.70. The second kappa shape index (κ2) is 8.22. The molecule has 0 aromatic heterocycles. The van der Waals surface area contributed by atoms with E-state index in [-0.39, 0.29) is 18.7 Å². The van der Waals surface area contributed by atoms with Crippen LogP contribution in [0.15, 0.2) is 0 Å². The molecule has 80 valence electrons. The molecule has 0 aliphatic carbocycles. The smallest absolute Gasteiger partial charge is 0.303 e. The fourth-order valence-corrected chi connectivity index (χ4v) is 0.902. The van der Waals surface area contributed by atoms with Gasteiger partial charge >= 0.3 is 5.97 Å². The minimum atomic E-state index is -0.890. The van der Waals surface area contributed by atoms with E-state index in [2.05, 4.69) is 5.32 Å². The largest absolute Gasteiger partial charge is 0.481 e. The van der Waals surface area contributed by atoms with E-state index >= 15 is 0 Å². The minimum Gasteiger partial charge on any atom is -0.481 e. The molecule has 0 atom stereocenters. The SMILES string of the molecule is O=CCCCNC(=O)CCCC(=O)O. The number of hydrogen-bond acceptors (Lipinski definition) is 3. The maximum atomic E-state index is 11.0. The predicted molar refractivity (Wildman–Crippen MR) is 49.8 cm³/mol. The van der Waals surface area contributed by atoms with Gasteiger partial charge in [0.1, 0.15) is 6.29 Å². The number of carbonyl (C=O) groups excluding carboxylic acids is 2. The summed E-state index contributed by atoms with van der Waals surface area (Å²) in [7, 11) is 0. The molecule has 0 heterocycles. The van der Waals surface area contributed by atoms with Crippen LogP contribution in [0.2, 0.25) is 0 Å². The lowest BCUT2D eigenvalue weighted by atomic mass is 10.2. The molecule has 5 heteroatoms. The van der Waals surface area contributed by atoms with Crippen LogP contribution in [0.25, 0.3) is 0 Å². The fraction of sp³-hybridized carbons (Fsp3) is 0.667. The molecule has 0 fully saturated rings. The summed E-state index contributed by atoms with van der Waals surface area (Å²) < 4.78 is 0. The van der Waals surface area contributed by atoms with Crippen LogP contribution < -0.4 is 5.32 Å². The molecule has 0 aromatic carbocycles. The van der Waals surface area contributed by atoms with E-state index < -0.39 is 5.97 Å². The van der Waals surface area contributed by atoms with Gasteiger partial charge in [-0.25, -0.2) is 0 Å². The van der Waals surface area contributed by atoms with Crippen LogP contribution >= 0.6 is 0 Å².